The number of benzene rings is 1. The lowest BCUT2D eigenvalue weighted by Gasteiger charge is -2.25. The molecule has 0 unspecified atom stereocenters. The molecule has 0 saturated carbocycles. The summed E-state index contributed by atoms with van der Waals surface area (Å²) in [6, 6.07) is 8.17. The minimum absolute atomic E-state index is 0. The minimum atomic E-state index is 0. The largest absolute Gasteiger partial charge is 0.377 e. The van der Waals surface area contributed by atoms with E-state index in [1.807, 2.05) is 56.7 Å². The van der Waals surface area contributed by atoms with Crippen LogP contribution in [0.25, 0.3) is 0 Å². The summed E-state index contributed by atoms with van der Waals surface area (Å²) in [4.78, 5) is 20.8. The number of carbonyl (C=O) groups excluding carboxylic acids is 1. The third-order valence-corrected chi connectivity index (χ3v) is 4.16. The highest BCUT2D eigenvalue weighted by molar-refractivity contribution is 14.0. The maximum atomic E-state index is 12.4. The second-order valence-electron chi connectivity index (χ2n) is 6.00. The molecule has 1 rings (SSSR count). The molecule has 27 heavy (non-hydrogen) atoms. The van der Waals surface area contributed by atoms with Crippen LogP contribution >= 0.6 is 24.0 Å². The van der Waals surface area contributed by atoms with Crippen LogP contribution in [0.1, 0.15) is 38.8 Å². The predicted molar refractivity (Wildman–Crippen MR) is 123 cm³/mol. The van der Waals surface area contributed by atoms with Crippen LogP contribution < -0.4 is 5.32 Å². The van der Waals surface area contributed by atoms with Crippen LogP contribution in [0.3, 0.4) is 0 Å². The van der Waals surface area contributed by atoms with E-state index in [4.69, 9.17) is 9.73 Å². The summed E-state index contributed by atoms with van der Waals surface area (Å²) in [5.74, 6) is 0.846. The van der Waals surface area contributed by atoms with Gasteiger partial charge in [0.05, 0.1) is 19.7 Å². The second-order valence-corrected chi connectivity index (χ2v) is 6.00. The van der Waals surface area contributed by atoms with Gasteiger partial charge in [0.2, 0.25) is 5.91 Å². The van der Waals surface area contributed by atoms with Crippen LogP contribution in [-0.2, 0) is 22.7 Å². The Morgan fingerprint density at radius 1 is 1.11 bits per heavy atom. The molecule has 1 N–H and O–H groups in total. The van der Waals surface area contributed by atoms with E-state index in [0.29, 0.717) is 26.3 Å². The fraction of sp³-hybridized carbons (Fsp3) is 0.600. The normalized spacial score (nSPS) is 10.9. The maximum Gasteiger partial charge on any atom is 0.242 e. The van der Waals surface area contributed by atoms with Crippen molar-refractivity contribution in [1.29, 1.82) is 0 Å². The monoisotopic (exact) mass is 490 g/mol. The number of rotatable bonds is 10. The van der Waals surface area contributed by atoms with Crippen LogP contribution in [0.5, 0.6) is 0 Å². The number of likely N-dealkylation sites (N-methyl/N-ethyl adjacent to an activating group) is 2. The van der Waals surface area contributed by atoms with Gasteiger partial charge >= 0.3 is 0 Å². The zero-order valence-corrected chi connectivity index (χ0v) is 19.7. The molecule has 0 aliphatic rings. The van der Waals surface area contributed by atoms with Crippen molar-refractivity contribution in [2.24, 2.45) is 4.99 Å². The Bertz CT molecular complexity index is 577. The zero-order valence-electron chi connectivity index (χ0n) is 17.3. The van der Waals surface area contributed by atoms with Gasteiger partial charge in [0.1, 0.15) is 0 Å². The Hall–Kier alpha value is -1.35. The first-order valence-corrected chi connectivity index (χ1v) is 9.48. The summed E-state index contributed by atoms with van der Waals surface area (Å²) in [5, 5.41) is 3.27. The summed E-state index contributed by atoms with van der Waals surface area (Å²) in [6.07, 6.45) is 0. The topological polar surface area (TPSA) is 57.2 Å². The van der Waals surface area contributed by atoms with E-state index in [2.05, 4.69) is 17.4 Å². The second kappa shape index (κ2) is 14.7. The number of amides is 1. The number of carbonyl (C=O) groups is 1. The highest BCUT2D eigenvalue weighted by Crippen LogP contribution is 2.11. The van der Waals surface area contributed by atoms with Crippen molar-refractivity contribution >= 4 is 35.8 Å². The van der Waals surface area contributed by atoms with E-state index in [-0.39, 0.29) is 29.9 Å². The molecule has 1 aromatic rings. The Labute approximate surface area is 181 Å². The molecule has 0 aliphatic heterocycles. The van der Waals surface area contributed by atoms with Gasteiger partial charge in [0.15, 0.2) is 5.96 Å². The number of halogens is 1. The predicted octanol–water partition coefficient (Wildman–Crippen LogP) is 3.11. The van der Waals surface area contributed by atoms with Crippen molar-refractivity contribution in [3.8, 4) is 0 Å². The van der Waals surface area contributed by atoms with Gasteiger partial charge in [-0.15, -0.1) is 24.0 Å². The average molecular weight is 490 g/mol. The molecule has 0 aromatic heterocycles. The fourth-order valence-corrected chi connectivity index (χ4v) is 2.65. The van der Waals surface area contributed by atoms with Crippen molar-refractivity contribution in [3.05, 3.63) is 35.4 Å². The molecule has 7 heteroatoms. The Morgan fingerprint density at radius 2 is 1.74 bits per heavy atom. The first-order chi connectivity index (χ1) is 12.6. The summed E-state index contributed by atoms with van der Waals surface area (Å²) < 4.78 is 5.54. The third-order valence-electron chi connectivity index (χ3n) is 4.16. The smallest absolute Gasteiger partial charge is 0.242 e. The summed E-state index contributed by atoms with van der Waals surface area (Å²) in [5.41, 5.74) is 2.29. The van der Waals surface area contributed by atoms with E-state index in [1.54, 1.807) is 0 Å². The number of guanidine groups is 1. The third kappa shape index (κ3) is 8.92. The molecule has 1 amide bonds. The summed E-state index contributed by atoms with van der Waals surface area (Å²) in [6.45, 7) is 12.4. The van der Waals surface area contributed by atoms with E-state index in [1.165, 1.54) is 0 Å². The number of ether oxygens (including phenoxy) is 1. The number of nitrogens with zero attached hydrogens (tertiary/aromatic N) is 3. The minimum Gasteiger partial charge on any atom is -0.377 e. The van der Waals surface area contributed by atoms with Gasteiger partial charge in [0.25, 0.3) is 0 Å². The van der Waals surface area contributed by atoms with E-state index in [9.17, 15) is 4.79 Å². The van der Waals surface area contributed by atoms with E-state index < -0.39 is 0 Å². The molecule has 0 aliphatic carbocycles. The number of hydrogen-bond acceptors (Lipinski definition) is 3. The Balaban J connectivity index is 0.00000676. The van der Waals surface area contributed by atoms with Crippen molar-refractivity contribution in [2.75, 3.05) is 39.8 Å². The Kier molecular flexibility index (Phi) is 13.9. The van der Waals surface area contributed by atoms with Gasteiger partial charge in [-0.3, -0.25) is 4.79 Å². The summed E-state index contributed by atoms with van der Waals surface area (Å²) >= 11 is 0. The lowest BCUT2D eigenvalue weighted by Crippen LogP contribution is -2.45. The molecule has 0 spiro atoms. The first-order valence-electron chi connectivity index (χ1n) is 9.48. The highest BCUT2D eigenvalue weighted by Gasteiger charge is 2.15. The molecule has 0 fully saturated rings. The van der Waals surface area contributed by atoms with E-state index in [0.717, 1.165) is 36.7 Å². The molecule has 0 bridgehead atoms. The van der Waals surface area contributed by atoms with Crippen molar-refractivity contribution < 1.29 is 9.53 Å². The van der Waals surface area contributed by atoms with Crippen molar-refractivity contribution in [1.82, 2.24) is 15.1 Å². The highest BCUT2D eigenvalue weighted by atomic mass is 127. The van der Waals surface area contributed by atoms with Gasteiger partial charge in [-0.25, -0.2) is 4.99 Å². The van der Waals surface area contributed by atoms with Crippen molar-refractivity contribution in [3.63, 3.8) is 0 Å². The molecular formula is C20H35IN4O2. The molecule has 0 radical (unpaired) electrons. The van der Waals surface area contributed by atoms with Crippen LogP contribution in [0.2, 0.25) is 0 Å². The lowest BCUT2D eigenvalue weighted by atomic mass is 10.1. The van der Waals surface area contributed by atoms with Gasteiger partial charge in [-0.1, -0.05) is 24.3 Å². The molecule has 0 heterocycles. The van der Waals surface area contributed by atoms with E-state index >= 15 is 0 Å². The zero-order chi connectivity index (χ0) is 19.4. The molecule has 6 nitrogen and oxygen atoms in total. The first kappa shape index (κ1) is 25.6. The van der Waals surface area contributed by atoms with Gasteiger partial charge < -0.3 is 19.9 Å². The lowest BCUT2D eigenvalue weighted by molar-refractivity contribution is -0.131. The molecule has 1 aromatic carbocycles. The molecule has 0 saturated heterocycles. The molecule has 0 atom stereocenters. The maximum absolute atomic E-state index is 12.4. The molecular weight excluding hydrogens is 455 g/mol. The standard InChI is InChI=1S/C20H34N4O2.HI/c1-6-21-20(23(5)15-19(25)24(7-2)8-3)22-14-17-12-10-11-13-18(17)16-26-9-4;/h10-13H,6-9,14-16H2,1-5H3,(H,21,22);1H. The number of hydrogen-bond donors (Lipinski definition) is 1. The average Bonchev–Trinajstić information content (AvgIpc) is 2.65. The van der Waals surface area contributed by atoms with Gasteiger partial charge in [-0.05, 0) is 38.8 Å². The van der Waals surface area contributed by atoms with Crippen LogP contribution in [0.15, 0.2) is 29.3 Å². The number of aliphatic imine (C=N–C) groups is 1. The Morgan fingerprint density at radius 3 is 2.30 bits per heavy atom. The van der Waals surface area contributed by atoms with Crippen LogP contribution in [0, 0.1) is 0 Å². The van der Waals surface area contributed by atoms with Crippen molar-refractivity contribution in [2.45, 2.75) is 40.8 Å². The fourth-order valence-electron chi connectivity index (χ4n) is 2.65. The molecule has 154 valence electrons. The number of nitrogens with one attached hydrogen (secondary N) is 1. The van der Waals surface area contributed by atoms with Gasteiger partial charge in [0, 0.05) is 33.3 Å². The van der Waals surface area contributed by atoms with Gasteiger partial charge in [-0.2, -0.15) is 0 Å². The SMILES string of the molecule is CCNC(=NCc1ccccc1COCC)N(C)CC(=O)N(CC)CC.I. The summed E-state index contributed by atoms with van der Waals surface area (Å²) in [7, 11) is 1.90. The van der Waals surface area contributed by atoms with Crippen LogP contribution in [0.4, 0.5) is 0 Å². The quantitative estimate of drug-likeness (QED) is 0.311. The van der Waals surface area contributed by atoms with Crippen LogP contribution in [-0.4, -0.2) is 61.5 Å².